The van der Waals surface area contributed by atoms with Gasteiger partial charge in [0.25, 0.3) is 0 Å². The first-order chi connectivity index (χ1) is 29.2. The molecule has 0 atom stereocenters. The van der Waals surface area contributed by atoms with Crippen molar-refractivity contribution in [2.75, 3.05) is 0 Å². The van der Waals surface area contributed by atoms with Crippen LogP contribution >= 0.6 is 0 Å². The summed E-state index contributed by atoms with van der Waals surface area (Å²) in [5, 5.41) is 11.1. The number of fused-ring (bicyclic) bond motifs is 18. The van der Waals surface area contributed by atoms with Gasteiger partial charge in [-0.05, 0) is 135 Å². The Hall–Kier alpha value is -5.28. The number of aromatic nitrogens is 2. The van der Waals surface area contributed by atoms with Crippen molar-refractivity contribution in [1.29, 1.82) is 0 Å². The summed E-state index contributed by atoms with van der Waals surface area (Å²) in [5.41, 5.74) is 16.8. The van der Waals surface area contributed by atoms with E-state index in [1.807, 2.05) is 0 Å². The smallest absolute Gasteiger partial charge is 0.333 e. The molecular formula is C56H49BN2. The molecule has 0 radical (unpaired) electrons. The Morgan fingerprint density at radius 1 is 0.492 bits per heavy atom. The molecule has 2 nitrogen and oxygen atoms in total. The van der Waals surface area contributed by atoms with Crippen LogP contribution in [0.15, 0.2) is 115 Å². The predicted octanol–water partition coefficient (Wildman–Crippen LogP) is 13.4. The zero-order chi connectivity index (χ0) is 38.2. The summed E-state index contributed by atoms with van der Waals surface area (Å²) in [6.45, 7) is 0.0828. The minimum absolute atomic E-state index is 0.0828. The van der Waals surface area contributed by atoms with Gasteiger partial charge in [-0.15, -0.1) is 0 Å². The summed E-state index contributed by atoms with van der Waals surface area (Å²) < 4.78 is 5.56. The number of para-hydroxylation sites is 1. The zero-order valence-electron chi connectivity index (χ0n) is 34.0. The van der Waals surface area contributed by atoms with Gasteiger partial charge in [-0.25, -0.2) is 0 Å². The zero-order valence-corrected chi connectivity index (χ0v) is 34.0. The number of nitrogens with zero attached hydrogens (tertiary/aromatic N) is 2. The highest BCUT2D eigenvalue weighted by Gasteiger charge is 2.46. The Balaban J connectivity index is 1.12. The monoisotopic (exact) mass is 760 g/mol. The Morgan fingerprint density at radius 3 is 1.93 bits per heavy atom. The van der Waals surface area contributed by atoms with Crippen LogP contribution in [-0.4, -0.2) is 15.9 Å². The third-order valence-electron chi connectivity index (χ3n) is 17.7. The van der Waals surface area contributed by atoms with Gasteiger partial charge in [0.2, 0.25) is 0 Å². The lowest BCUT2D eigenvalue weighted by Crippen LogP contribution is -2.55. The molecule has 0 spiro atoms. The van der Waals surface area contributed by atoms with Crippen molar-refractivity contribution in [2.24, 2.45) is 11.8 Å². The van der Waals surface area contributed by atoms with E-state index in [4.69, 9.17) is 0 Å². The third kappa shape index (κ3) is 4.06. The second kappa shape index (κ2) is 11.3. The summed E-state index contributed by atoms with van der Waals surface area (Å²) in [5.74, 6) is 1.79. The minimum atomic E-state index is 0.0828. The van der Waals surface area contributed by atoms with Crippen molar-refractivity contribution in [3.63, 3.8) is 0 Å². The average molecular weight is 761 g/mol. The van der Waals surface area contributed by atoms with Crippen LogP contribution in [0.5, 0.6) is 0 Å². The molecular weight excluding hydrogens is 711 g/mol. The van der Waals surface area contributed by atoms with Crippen molar-refractivity contribution in [2.45, 2.75) is 101 Å². The fraction of sp³-hybridized carbons (Fsp3) is 0.321. The quantitative estimate of drug-likeness (QED) is 0.155. The Bertz CT molecular complexity index is 3320. The Kier molecular flexibility index (Phi) is 6.24. The molecule has 3 heteroatoms. The van der Waals surface area contributed by atoms with Gasteiger partial charge in [-0.2, -0.15) is 0 Å². The molecule has 0 amide bonds. The standard InChI is InChI=1S/C56H49BN2/c1-4-17-41-36(14-1)20-22-43-42-18-5-19-47-54(42)58(52(41)43)49-28-37-15-2-3-16-40(37)50-46-31-39(56-26-8-12-35(33-56)13-9-27-56)30-45-44-29-38(55-24-6-10-34(32-55)11-7-25-55)21-23-48(44)59(53(45)46)57(47)51(49)50/h1-5,14-23,28-31,34-35H,6-13,24-27,32-33H2. The summed E-state index contributed by atoms with van der Waals surface area (Å²) in [6.07, 6.45) is 19.4. The molecule has 2 aromatic heterocycles. The fourth-order valence-electron chi connectivity index (χ4n) is 15.3. The summed E-state index contributed by atoms with van der Waals surface area (Å²) in [7, 11) is 0. The van der Waals surface area contributed by atoms with Gasteiger partial charge in [0.1, 0.15) is 0 Å². The van der Waals surface area contributed by atoms with Crippen molar-refractivity contribution in [3.05, 3.63) is 126 Å². The highest BCUT2D eigenvalue weighted by atomic mass is 15.0. The second-order valence-electron chi connectivity index (χ2n) is 20.4. The topological polar surface area (TPSA) is 9.86 Å². The van der Waals surface area contributed by atoms with Crippen LogP contribution in [0.2, 0.25) is 0 Å². The van der Waals surface area contributed by atoms with E-state index in [-0.39, 0.29) is 12.3 Å². The summed E-state index contributed by atoms with van der Waals surface area (Å²) in [4.78, 5) is 0. The average Bonchev–Trinajstić information content (AvgIpc) is 3.80. The van der Waals surface area contributed by atoms with E-state index < -0.39 is 0 Å². The van der Waals surface area contributed by atoms with Crippen LogP contribution < -0.4 is 10.9 Å². The van der Waals surface area contributed by atoms with E-state index >= 15 is 0 Å². The number of benzene rings is 7. The van der Waals surface area contributed by atoms with Crippen molar-refractivity contribution in [3.8, 4) is 16.8 Å². The maximum absolute atomic E-state index is 2.85. The molecule has 4 heterocycles. The predicted molar refractivity (Wildman–Crippen MR) is 250 cm³/mol. The third-order valence-corrected chi connectivity index (χ3v) is 17.7. The largest absolute Gasteiger partial charge is 0.375 e. The van der Waals surface area contributed by atoms with Gasteiger partial charge < -0.3 is 9.05 Å². The lowest BCUT2D eigenvalue weighted by Gasteiger charge is -2.46. The molecule has 4 saturated carbocycles. The van der Waals surface area contributed by atoms with Gasteiger partial charge in [0, 0.05) is 49.2 Å². The lowest BCUT2D eigenvalue weighted by atomic mass is 9.45. The molecule has 7 aromatic carbocycles. The molecule has 2 aliphatic heterocycles. The van der Waals surface area contributed by atoms with Crippen LogP contribution in [0.1, 0.15) is 101 Å². The van der Waals surface area contributed by atoms with Gasteiger partial charge >= 0.3 is 6.85 Å². The number of rotatable bonds is 2. The summed E-state index contributed by atoms with van der Waals surface area (Å²) >= 11 is 0. The first-order valence-corrected chi connectivity index (χ1v) is 23.3. The second-order valence-corrected chi connectivity index (χ2v) is 20.4. The molecule has 4 fully saturated rings. The maximum atomic E-state index is 2.85. The fourth-order valence-corrected chi connectivity index (χ4v) is 15.3. The molecule has 4 bridgehead atoms. The first kappa shape index (κ1) is 32.6. The summed E-state index contributed by atoms with van der Waals surface area (Å²) in [6, 6.07) is 46.4. The van der Waals surface area contributed by atoms with Crippen molar-refractivity contribution in [1.82, 2.24) is 9.05 Å². The maximum Gasteiger partial charge on any atom is 0.333 e. The molecule has 6 aliphatic rings. The minimum Gasteiger partial charge on any atom is -0.375 e. The van der Waals surface area contributed by atoms with Crippen LogP contribution in [0, 0.1) is 11.8 Å². The highest BCUT2D eigenvalue weighted by molar-refractivity contribution is 6.90. The lowest BCUT2D eigenvalue weighted by molar-refractivity contribution is 0.149. The molecule has 0 saturated heterocycles. The van der Waals surface area contributed by atoms with Crippen molar-refractivity contribution >= 4 is 82.9 Å². The van der Waals surface area contributed by atoms with E-state index in [0.29, 0.717) is 5.41 Å². The molecule has 15 rings (SSSR count). The SMILES string of the molecule is c1ccc2c3c4c(cc2c1)-n1c2c(cccc2c2ccc5ccccc5c21)B4n1c2ccc(C45CCCC(CCC4)C5)cc2c2cc(C45CCCC(CCC4)C5)cc-3c21. The molecule has 9 aromatic rings. The van der Waals surface area contributed by atoms with Gasteiger partial charge in [-0.1, -0.05) is 136 Å². The van der Waals surface area contributed by atoms with Gasteiger partial charge in [0.15, 0.2) is 0 Å². The van der Waals surface area contributed by atoms with Crippen molar-refractivity contribution < 1.29 is 0 Å². The van der Waals surface area contributed by atoms with Gasteiger partial charge in [0.05, 0.1) is 11.0 Å². The van der Waals surface area contributed by atoms with Gasteiger partial charge in [-0.3, -0.25) is 0 Å². The van der Waals surface area contributed by atoms with Crippen LogP contribution in [0.25, 0.3) is 82.0 Å². The molecule has 0 N–H and O–H groups in total. The van der Waals surface area contributed by atoms with Crippen LogP contribution in [-0.2, 0) is 10.8 Å². The van der Waals surface area contributed by atoms with E-state index in [0.717, 1.165) is 11.8 Å². The van der Waals surface area contributed by atoms with Crippen LogP contribution in [0.3, 0.4) is 0 Å². The van der Waals surface area contributed by atoms with E-state index in [1.165, 1.54) is 183 Å². The molecule has 286 valence electrons. The van der Waals surface area contributed by atoms with E-state index in [1.54, 1.807) is 11.1 Å². The normalized spacial score (nSPS) is 25.5. The Morgan fingerprint density at radius 2 is 1.15 bits per heavy atom. The highest BCUT2D eigenvalue weighted by Crippen LogP contribution is 2.55. The van der Waals surface area contributed by atoms with E-state index in [9.17, 15) is 0 Å². The molecule has 0 unspecified atom stereocenters. The first-order valence-electron chi connectivity index (χ1n) is 23.3. The van der Waals surface area contributed by atoms with Crippen LogP contribution in [0.4, 0.5) is 0 Å². The Labute approximate surface area is 346 Å². The number of hydrogen-bond donors (Lipinski definition) is 0. The molecule has 59 heavy (non-hydrogen) atoms. The molecule has 4 aliphatic carbocycles. The number of hydrogen-bond acceptors (Lipinski definition) is 0. The van der Waals surface area contributed by atoms with E-state index in [2.05, 4.69) is 124 Å².